The van der Waals surface area contributed by atoms with Crippen molar-refractivity contribution in [3.05, 3.63) is 18.2 Å². The number of imidazole rings is 1. The molecule has 0 aromatic carbocycles. The largest absolute Gasteiger partial charge is 0.387 e. The maximum Gasteiger partial charge on any atom is 0.368 e. The van der Waals surface area contributed by atoms with Gasteiger partial charge in [0, 0.05) is 6.26 Å². The lowest BCUT2D eigenvalue weighted by Crippen LogP contribution is -1.98. The first-order valence-corrected chi connectivity index (χ1v) is 3.73. The Labute approximate surface area is 62.2 Å². The molecule has 0 fully saturated rings. The molecule has 0 atom stereocenters. The zero-order valence-corrected chi connectivity index (χ0v) is 6.14. The summed E-state index contributed by atoms with van der Waals surface area (Å²) in [4.78, 5) is 17.1. The number of carbonyl (C=O) groups is 1. The number of nitrogens with zero attached hydrogens (tertiary/aromatic N) is 1. The number of rotatable bonds is 2. The summed E-state index contributed by atoms with van der Waals surface area (Å²) in [7, 11) is 0. The fourth-order valence-electron chi connectivity index (χ4n) is 0.488. The van der Waals surface area contributed by atoms with E-state index in [2.05, 4.69) is 14.2 Å². The molecule has 1 aromatic rings. The van der Waals surface area contributed by atoms with E-state index < -0.39 is 5.97 Å². The van der Waals surface area contributed by atoms with Crippen molar-refractivity contribution in [1.29, 1.82) is 0 Å². The van der Waals surface area contributed by atoms with Gasteiger partial charge in [-0.1, -0.05) is 0 Å². The Hall–Kier alpha value is -0.970. The van der Waals surface area contributed by atoms with Crippen molar-refractivity contribution in [2.24, 2.45) is 0 Å². The Kier molecular flexibility index (Phi) is 2.33. The summed E-state index contributed by atoms with van der Waals surface area (Å²) in [6.45, 7) is 0. The molecule has 1 N–H and O–H groups in total. The predicted octanol–water partition coefficient (Wildman–Crippen LogP) is 0.844. The van der Waals surface area contributed by atoms with E-state index in [1.165, 1.54) is 12.5 Å². The standard InChI is InChI=1S/C5H6N2O2S/c1-10-9-5(8)4-2-6-3-7-4/h2-3H,1H3,(H,6,7). The fourth-order valence-corrected chi connectivity index (χ4v) is 0.729. The van der Waals surface area contributed by atoms with Gasteiger partial charge in [-0.25, -0.2) is 9.78 Å². The first-order chi connectivity index (χ1) is 4.84. The quantitative estimate of drug-likeness (QED) is 0.648. The molecule has 0 radical (unpaired) electrons. The molecule has 0 saturated carbocycles. The third kappa shape index (κ3) is 1.51. The number of aromatic nitrogens is 2. The van der Waals surface area contributed by atoms with Crippen LogP contribution in [0.4, 0.5) is 0 Å². The molecule has 0 bridgehead atoms. The van der Waals surface area contributed by atoms with E-state index in [1.807, 2.05) is 0 Å². The second-order valence-electron chi connectivity index (χ2n) is 1.50. The smallest absolute Gasteiger partial charge is 0.368 e. The van der Waals surface area contributed by atoms with E-state index in [-0.39, 0.29) is 0 Å². The van der Waals surface area contributed by atoms with Crippen LogP contribution in [-0.4, -0.2) is 22.2 Å². The lowest BCUT2D eigenvalue weighted by molar-refractivity contribution is 0.0763. The molecular weight excluding hydrogens is 152 g/mol. The average molecular weight is 158 g/mol. The first kappa shape index (κ1) is 7.14. The van der Waals surface area contributed by atoms with E-state index in [9.17, 15) is 4.79 Å². The normalized spacial score (nSPS) is 9.30. The number of hydrogen-bond acceptors (Lipinski definition) is 4. The van der Waals surface area contributed by atoms with Gasteiger partial charge in [-0.15, -0.1) is 0 Å². The van der Waals surface area contributed by atoms with Crippen LogP contribution in [0.15, 0.2) is 12.5 Å². The molecule has 0 unspecified atom stereocenters. The van der Waals surface area contributed by atoms with Gasteiger partial charge in [-0.05, 0) is 0 Å². The lowest BCUT2D eigenvalue weighted by atomic mass is 10.5. The van der Waals surface area contributed by atoms with Crippen LogP contribution in [0.25, 0.3) is 0 Å². The molecule has 54 valence electrons. The Morgan fingerprint density at radius 2 is 2.70 bits per heavy atom. The number of H-pyrrole nitrogens is 1. The molecule has 10 heavy (non-hydrogen) atoms. The molecule has 0 aliphatic heterocycles. The van der Waals surface area contributed by atoms with Crippen molar-refractivity contribution < 1.29 is 8.98 Å². The third-order valence-electron chi connectivity index (χ3n) is 0.877. The molecule has 5 heteroatoms. The molecule has 0 spiro atoms. The summed E-state index contributed by atoms with van der Waals surface area (Å²) >= 11 is 1.01. The number of hydrogen-bond donors (Lipinski definition) is 1. The van der Waals surface area contributed by atoms with Gasteiger partial charge in [0.2, 0.25) is 0 Å². The van der Waals surface area contributed by atoms with Crippen molar-refractivity contribution in [1.82, 2.24) is 9.97 Å². The van der Waals surface area contributed by atoms with Crippen LogP contribution >= 0.6 is 12.0 Å². The highest BCUT2D eigenvalue weighted by Crippen LogP contribution is 2.01. The molecule has 1 heterocycles. The van der Waals surface area contributed by atoms with Gasteiger partial charge in [0.05, 0.1) is 24.6 Å². The topological polar surface area (TPSA) is 55.0 Å². The monoisotopic (exact) mass is 158 g/mol. The zero-order chi connectivity index (χ0) is 7.40. The Morgan fingerprint density at radius 1 is 1.90 bits per heavy atom. The van der Waals surface area contributed by atoms with Crippen LogP contribution in [0, 0.1) is 0 Å². The molecule has 1 aromatic heterocycles. The second-order valence-corrected chi connectivity index (χ2v) is 2.00. The van der Waals surface area contributed by atoms with Crippen LogP contribution in [0.5, 0.6) is 0 Å². The van der Waals surface area contributed by atoms with Crippen molar-refractivity contribution >= 4 is 18.0 Å². The highest BCUT2D eigenvalue weighted by molar-refractivity contribution is 7.94. The molecule has 0 saturated heterocycles. The summed E-state index contributed by atoms with van der Waals surface area (Å²) < 4.78 is 4.59. The molecular formula is C5H6N2O2S. The van der Waals surface area contributed by atoms with Gasteiger partial charge in [0.15, 0.2) is 0 Å². The van der Waals surface area contributed by atoms with Crippen molar-refractivity contribution in [2.75, 3.05) is 6.26 Å². The van der Waals surface area contributed by atoms with Crippen molar-refractivity contribution in [2.45, 2.75) is 0 Å². The van der Waals surface area contributed by atoms with Gasteiger partial charge in [0.1, 0.15) is 5.69 Å². The SMILES string of the molecule is CSOC(=O)c1cnc[nH]1. The van der Waals surface area contributed by atoms with E-state index >= 15 is 0 Å². The van der Waals surface area contributed by atoms with E-state index in [0.29, 0.717) is 5.69 Å². The van der Waals surface area contributed by atoms with Crippen LogP contribution < -0.4 is 0 Å². The van der Waals surface area contributed by atoms with Gasteiger partial charge in [0.25, 0.3) is 0 Å². The average Bonchev–Trinajstić information content (AvgIpc) is 2.38. The molecule has 1 rings (SSSR count). The van der Waals surface area contributed by atoms with E-state index in [0.717, 1.165) is 12.0 Å². The highest BCUT2D eigenvalue weighted by atomic mass is 32.2. The summed E-state index contributed by atoms with van der Waals surface area (Å²) in [6, 6.07) is 0. The Morgan fingerprint density at radius 3 is 3.20 bits per heavy atom. The molecule has 4 nitrogen and oxygen atoms in total. The maximum absolute atomic E-state index is 10.8. The summed E-state index contributed by atoms with van der Waals surface area (Å²) in [5, 5.41) is 0. The van der Waals surface area contributed by atoms with Crippen LogP contribution in [-0.2, 0) is 4.18 Å². The fraction of sp³-hybridized carbons (Fsp3) is 0.200. The van der Waals surface area contributed by atoms with Gasteiger partial charge in [-0.3, -0.25) is 0 Å². The summed E-state index contributed by atoms with van der Waals surface area (Å²) in [5.74, 6) is -0.398. The van der Waals surface area contributed by atoms with Crippen LogP contribution in [0.3, 0.4) is 0 Å². The second kappa shape index (κ2) is 3.26. The predicted molar refractivity (Wildman–Crippen MR) is 37.5 cm³/mol. The van der Waals surface area contributed by atoms with E-state index in [4.69, 9.17) is 0 Å². The minimum Gasteiger partial charge on any atom is -0.387 e. The van der Waals surface area contributed by atoms with Crippen LogP contribution in [0.1, 0.15) is 10.5 Å². The molecule has 0 amide bonds. The van der Waals surface area contributed by atoms with E-state index in [1.54, 1.807) is 6.26 Å². The highest BCUT2D eigenvalue weighted by Gasteiger charge is 2.06. The molecule has 0 aliphatic rings. The van der Waals surface area contributed by atoms with Gasteiger partial charge >= 0.3 is 5.97 Å². The summed E-state index contributed by atoms with van der Waals surface area (Å²) in [6.07, 6.45) is 4.52. The minimum absolute atomic E-state index is 0.370. The van der Waals surface area contributed by atoms with Gasteiger partial charge in [-0.2, -0.15) is 0 Å². The number of carbonyl (C=O) groups excluding carboxylic acids is 1. The maximum atomic E-state index is 10.8. The Bertz CT molecular complexity index is 209. The molecule has 0 aliphatic carbocycles. The zero-order valence-electron chi connectivity index (χ0n) is 5.33. The number of aromatic amines is 1. The van der Waals surface area contributed by atoms with Crippen molar-refractivity contribution in [3.8, 4) is 0 Å². The van der Waals surface area contributed by atoms with Crippen LogP contribution in [0.2, 0.25) is 0 Å². The minimum atomic E-state index is -0.398. The third-order valence-corrected chi connectivity index (χ3v) is 1.20. The Balaban J connectivity index is 2.59. The number of nitrogens with one attached hydrogen (secondary N) is 1. The van der Waals surface area contributed by atoms with Crippen molar-refractivity contribution in [3.63, 3.8) is 0 Å². The lowest BCUT2D eigenvalue weighted by Gasteiger charge is -1.93. The van der Waals surface area contributed by atoms with Gasteiger partial charge < -0.3 is 9.17 Å². The first-order valence-electron chi connectivity index (χ1n) is 2.58. The summed E-state index contributed by atoms with van der Waals surface area (Å²) in [5.41, 5.74) is 0.370.